The monoisotopic (exact) mass is 306 g/mol. The number of nitrogens with one attached hydrogen (secondary N) is 1. The molecule has 114 valence electrons. The van der Waals surface area contributed by atoms with Gasteiger partial charge in [-0.15, -0.1) is 0 Å². The van der Waals surface area contributed by atoms with Crippen molar-refractivity contribution >= 4 is 15.5 Å². The fourth-order valence-corrected chi connectivity index (χ4v) is 2.91. The molecule has 1 aromatic carbocycles. The first kappa shape index (κ1) is 15.6. The molecule has 1 heterocycles. The second-order valence-corrected chi connectivity index (χ2v) is 7.51. The van der Waals surface area contributed by atoms with Gasteiger partial charge < -0.3 is 9.88 Å². The topological polar surface area (TPSA) is 51.1 Å². The van der Waals surface area contributed by atoms with E-state index in [9.17, 15) is 8.42 Å². The Morgan fingerprint density at radius 1 is 1.19 bits per heavy atom. The van der Waals surface area contributed by atoms with E-state index in [4.69, 9.17) is 0 Å². The third-order valence-electron chi connectivity index (χ3n) is 3.58. The lowest BCUT2D eigenvalue weighted by molar-refractivity contribution is 0.602. The van der Waals surface area contributed by atoms with E-state index < -0.39 is 9.84 Å². The molecule has 0 aliphatic heterocycles. The van der Waals surface area contributed by atoms with E-state index in [0.29, 0.717) is 10.9 Å². The number of nitrogens with zero attached hydrogens (tertiary/aromatic N) is 1. The Morgan fingerprint density at radius 2 is 1.86 bits per heavy atom. The zero-order chi connectivity index (χ0) is 15.5. The number of benzene rings is 1. The molecule has 1 N–H and O–H groups in total. The minimum absolute atomic E-state index is 0.323. The SMILES string of the molecule is CC(CCc1cccn1C)Nc1ccc(S(C)(=O)=O)cc1. The van der Waals surface area contributed by atoms with Crippen LogP contribution in [0.3, 0.4) is 0 Å². The number of anilines is 1. The van der Waals surface area contributed by atoms with E-state index in [1.165, 1.54) is 11.9 Å². The van der Waals surface area contributed by atoms with Crippen LogP contribution in [0.25, 0.3) is 0 Å². The van der Waals surface area contributed by atoms with E-state index >= 15 is 0 Å². The maximum absolute atomic E-state index is 11.4. The van der Waals surface area contributed by atoms with Gasteiger partial charge in [0.2, 0.25) is 0 Å². The van der Waals surface area contributed by atoms with Gasteiger partial charge in [-0.3, -0.25) is 0 Å². The zero-order valence-corrected chi connectivity index (χ0v) is 13.5. The van der Waals surface area contributed by atoms with Gasteiger partial charge in [0.05, 0.1) is 4.90 Å². The van der Waals surface area contributed by atoms with Gasteiger partial charge in [0, 0.05) is 36.9 Å². The summed E-state index contributed by atoms with van der Waals surface area (Å²) in [6.45, 7) is 2.13. The number of hydrogen-bond acceptors (Lipinski definition) is 3. The normalized spacial score (nSPS) is 13.1. The Balaban J connectivity index is 1.91. The summed E-state index contributed by atoms with van der Waals surface area (Å²) in [5.41, 5.74) is 2.26. The summed E-state index contributed by atoms with van der Waals surface area (Å²) < 4.78 is 25.0. The Bertz CT molecular complexity index is 687. The van der Waals surface area contributed by atoms with Gasteiger partial charge in [-0.2, -0.15) is 0 Å². The molecule has 0 spiro atoms. The predicted octanol–water partition coefficient (Wildman–Crippen LogP) is 2.86. The van der Waals surface area contributed by atoms with Crippen molar-refractivity contribution in [3.8, 4) is 0 Å². The molecule has 1 unspecified atom stereocenters. The number of hydrogen-bond donors (Lipinski definition) is 1. The van der Waals surface area contributed by atoms with Gasteiger partial charge in [0.25, 0.3) is 0 Å². The van der Waals surface area contributed by atoms with Gasteiger partial charge in [0.1, 0.15) is 0 Å². The largest absolute Gasteiger partial charge is 0.383 e. The fraction of sp³-hybridized carbons (Fsp3) is 0.375. The number of aryl methyl sites for hydroxylation is 2. The van der Waals surface area contributed by atoms with Crippen molar-refractivity contribution in [2.75, 3.05) is 11.6 Å². The lowest BCUT2D eigenvalue weighted by atomic mass is 10.1. The molecule has 0 fully saturated rings. The van der Waals surface area contributed by atoms with Crippen LogP contribution < -0.4 is 5.32 Å². The average molecular weight is 306 g/mol. The molecule has 0 aliphatic rings. The molecule has 1 atom stereocenters. The minimum atomic E-state index is -3.12. The average Bonchev–Trinajstić information content (AvgIpc) is 2.81. The molecule has 2 aromatic rings. The standard InChI is InChI=1S/C16H22N2O2S/c1-13(6-9-15-5-4-12-18(15)2)17-14-7-10-16(11-8-14)21(3,19)20/h4-5,7-8,10-13,17H,6,9H2,1-3H3. The third-order valence-corrected chi connectivity index (χ3v) is 4.71. The molecular weight excluding hydrogens is 284 g/mol. The van der Waals surface area contributed by atoms with Crippen LogP contribution in [-0.2, 0) is 23.3 Å². The van der Waals surface area contributed by atoms with E-state index in [-0.39, 0.29) is 0 Å². The van der Waals surface area contributed by atoms with Gasteiger partial charge in [0.15, 0.2) is 9.84 Å². The van der Waals surface area contributed by atoms with Gasteiger partial charge in [-0.1, -0.05) is 0 Å². The first-order chi connectivity index (χ1) is 9.86. The summed E-state index contributed by atoms with van der Waals surface area (Å²) in [4.78, 5) is 0.351. The van der Waals surface area contributed by atoms with Crippen molar-refractivity contribution in [3.63, 3.8) is 0 Å². The molecule has 0 amide bonds. The van der Waals surface area contributed by atoms with Crippen LogP contribution >= 0.6 is 0 Å². The Kier molecular flexibility index (Phi) is 4.73. The Morgan fingerprint density at radius 3 is 2.38 bits per heavy atom. The minimum Gasteiger partial charge on any atom is -0.383 e. The molecule has 0 aliphatic carbocycles. The Labute approximate surface area is 126 Å². The molecule has 0 bridgehead atoms. The van der Waals surface area contributed by atoms with Crippen LogP contribution in [0.4, 0.5) is 5.69 Å². The fourth-order valence-electron chi connectivity index (χ4n) is 2.28. The van der Waals surface area contributed by atoms with Crippen LogP contribution in [0.2, 0.25) is 0 Å². The summed E-state index contributed by atoms with van der Waals surface area (Å²) in [5.74, 6) is 0. The number of aromatic nitrogens is 1. The van der Waals surface area contributed by atoms with Gasteiger partial charge in [-0.25, -0.2) is 8.42 Å². The summed E-state index contributed by atoms with van der Waals surface area (Å²) in [6.07, 6.45) is 5.31. The lowest BCUT2D eigenvalue weighted by Gasteiger charge is -2.15. The quantitative estimate of drug-likeness (QED) is 0.893. The van der Waals surface area contributed by atoms with Crippen molar-refractivity contribution in [3.05, 3.63) is 48.3 Å². The highest BCUT2D eigenvalue weighted by Crippen LogP contribution is 2.16. The predicted molar refractivity (Wildman–Crippen MR) is 86.4 cm³/mol. The first-order valence-electron chi connectivity index (χ1n) is 7.03. The summed E-state index contributed by atoms with van der Waals surface area (Å²) in [6, 6.07) is 11.4. The molecule has 0 saturated heterocycles. The highest BCUT2D eigenvalue weighted by molar-refractivity contribution is 7.90. The van der Waals surface area contributed by atoms with E-state index in [2.05, 4.69) is 42.2 Å². The van der Waals surface area contributed by atoms with Gasteiger partial charge >= 0.3 is 0 Å². The van der Waals surface area contributed by atoms with Crippen LogP contribution in [-0.4, -0.2) is 25.3 Å². The van der Waals surface area contributed by atoms with Crippen LogP contribution in [0.1, 0.15) is 19.0 Å². The molecule has 0 radical (unpaired) electrons. The van der Waals surface area contributed by atoms with Crippen molar-refractivity contribution in [1.82, 2.24) is 4.57 Å². The van der Waals surface area contributed by atoms with E-state index in [1.54, 1.807) is 12.1 Å². The third kappa shape index (κ3) is 4.36. The molecule has 21 heavy (non-hydrogen) atoms. The second-order valence-electron chi connectivity index (χ2n) is 5.49. The maximum Gasteiger partial charge on any atom is 0.175 e. The number of sulfone groups is 1. The van der Waals surface area contributed by atoms with Crippen LogP contribution in [0, 0.1) is 0 Å². The van der Waals surface area contributed by atoms with Crippen molar-refractivity contribution < 1.29 is 8.42 Å². The molecule has 1 aromatic heterocycles. The van der Waals surface area contributed by atoms with E-state index in [1.807, 2.05) is 12.1 Å². The van der Waals surface area contributed by atoms with Crippen LogP contribution in [0.5, 0.6) is 0 Å². The molecule has 2 rings (SSSR count). The summed E-state index contributed by atoms with van der Waals surface area (Å²) >= 11 is 0. The molecular formula is C16H22N2O2S. The smallest absolute Gasteiger partial charge is 0.175 e. The van der Waals surface area contributed by atoms with Crippen LogP contribution in [0.15, 0.2) is 47.5 Å². The van der Waals surface area contributed by atoms with Gasteiger partial charge in [-0.05, 0) is 56.2 Å². The zero-order valence-electron chi connectivity index (χ0n) is 12.7. The Hall–Kier alpha value is -1.75. The highest BCUT2D eigenvalue weighted by atomic mass is 32.2. The second kappa shape index (κ2) is 6.35. The molecule has 4 nitrogen and oxygen atoms in total. The first-order valence-corrected chi connectivity index (χ1v) is 8.92. The highest BCUT2D eigenvalue weighted by Gasteiger charge is 2.08. The summed E-state index contributed by atoms with van der Waals surface area (Å²) in [7, 11) is -1.07. The van der Waals surface area contributed by atoms with Crippen molar-refractivity contribution in [1.29, 1.82) is 0 Å². The molecule has 5 heteroatoms. The summed E-state index contributed by atoms with van der Waals surface area (Å²) in [5, 5.41) is 3.40. The van der Waals surface area contributed by atoms with E-state index in [0.717, 1.165) is 18.5 Å². The lowest BCUT2D eigenvalue weighted by Crippen LogP contribution is -2.16. The molecule has 0 saturated carbocycles. The van der Waals surface area contributed by atoms with Crippen molar-refractivity contribution in [2.45, 2.75) is 30.7 Å². The maximum atomic E-state index is 11.4. The number of rotatable bonds is 6. The van der Waals surface area contributed by atoms with Crippen molar-refractivity contribution in [2.24, 2.45) is 7.05 Å².